The summed E-state index contributed by atoms with van der Waals surface area (Å²) in [6.45, 7) is 2.02. The van der Waals surface area contributed by atoms with Crippen LogP contribution in [-0.4, -0.2) is 57.2 Å². The van der Waals surface area contributed by atoms with Crippen LogP contribution in [0.3, 0.4) is 0 Å². The third kappa shape index (κ3) is 3.86. The first kappa shape index (κ1) is 23.5. The molecule has 2 aliphatic rings. The number of aryl methyl sites for hydroxylation is 1. The molecule has 5 rings (SSSR count). The second kappa shape index (κ2) is 8.75. The van der Waals surface area contributed by atoms with E-state index in [1.54, 1.807) is 31.6 Å². The largest absolute Gasteiger partial charge is 0.398 e. The molecule has 3 N–H and O–H groups in total. The Kier molecular flexibility index (Phi) is 5.70. The average Bonchev–Trinajstić information content (AvgIpc) is 3.01. The van der Waals surface area contributed by atoms with Gasteiger partial charge in [-0.3, -0.25) is 19.5 Å². The molecule has 3 heterocycles. The molecule has 1 aliphatic heterocycles. The number of fused-ring (bicyclic) bond motifs is 1. The van der Waals surface area contributed by atoms with E-state index in [-0.39, 0.29) is 17.8 Å². The topological polar surface area (TPSA) is 122 Å². The van der Waals surface area contributed by atoms with Gasteiger partial charge in [-0.1, -0.05) is 5.57 Å². The van der Waals surface area contributed by atoms with E-state index >= 15 is 0 Å². The van der Waals surface area contributed by atoms with Gasteiger partial charge in [-0.2, -0.15) is 0 Å². The van der Waals surface area contributed by atoms with Crippen LogP contribution in [0.4, 0.5) is 16.3 Å². The van der Waals surface area contributed by atoms with Crippen LogP contribution < -0.4 is 11.1 Å². The molecule has 0 radical (unpaired) electrons. The van der Waals surface area contributed by atoms with Gasteiger partial charge in [0, 0.05) is 55.4 Å². The number of carbonyl (C=O) groups is 3. The highest BCUT2D eigenvalue weighted by molar-refractivity contribution is 6.07. The minimum atomic E-state index is -0.802. The molecule has 1 saturated heterocycles. The Balaban J connectivity index is 1.32. The van der Waals surface area contributed by atoms with Gasteiger partial charge in [0.25, 0.3) is 5.91 Å². The number of nitrogens with zero attached hydrogens (tertiary/aromatic N) is 4. The Morgan fingerprint density at radius 2 is 1.89 bits per heavy atom. The lowest BCUT2D eigenvalue weighted by Crippen LogP contribution is -2.49. The number of allylic oxidation sites excluding steroid dienone is 1. The number of anilines is 2. The zero-order valence-electron chi connectivity index (χ0n) is 20.5. The normalized spacial score (nSPS) is 19.9. The molecule has 3 aromatic rings. The number of nitrogen functional groups attached to an aromatic ring is 1. The lowest BCUT2D eigenvalue weighted by atomic mass is 9.78. The minimum absolute atomic E-state index is 0.168. The number of urea groups is 1. The third-order valence-corrected chi connectivity index (χ3v) is 7.44. The van der Waals surface area contributed by atoms with Gasteiger partial charge >= 0.3 is 6.03 Å². The molecule has 0 atom stereocenters. The van der Waals surface area contributed by atoms with Crippen LogP contribution in [0.25, 0.3) is 21.9 Å². The summed E-state index contributed by atoms with van der Waals surface area (Å²) in [5.41, 5.74) is 10.1. The van der Waals surface area contributed by atoms with Gasteiger partial charge in [-0.15, -0.1) is 0 Å². The van der Waals surface area contributed by atoms with Gasteiger partial charge in [0.2, 0.25) is 5.91 Å². The summed E-state index contributed by atoms with van der Waals surface area (Å²) in [4.78, 5) is 49.0. The Bertz CT molecular complexity index is 1440. The first-order valence-electron chi connectivity index (χ1n) is 11.9. The number of nitrogens with one attached hydrogen (secondary N) is 1. The minimum Gasteiger partial charge on any atom is -0.398 e. The molecule has 36 heavy (non-hydrogen) atoms. The summed E-state index contributed by atoms with van der Waals surface area (Å²) in [7, 11) is 3.18. The number of likely N-dealkylation sites (N-methyl/N-ethyl adjacent to an activating group) is 2. The molecule has 0 bridgehead atoms. The van der Waals surface area contributed by atoms with Crippen molar-refractivity contribution in [1.29, 1.82) is 0 Å². The van der Waals surface area contributed by atoms with Gasteiger partial charge in [-0.25, -0.2) is 9.78 Å². The van der Waals surface area contributed by atoms with Crippen LogP contribution in [0.15, 0.2) is 54.5 Å². The summed E-state index contributed by atoms with van der Waals surface area (Å²) < 4.78 is 0. The Morgan fingerprint density at radius 1 is 1.14 bits per heavy atom. The standard InChI is InChI=1S/C27H28N6O3/c1-16-6-9-29-14-20(16)18-11-19-13-23(30-15-21(19)22(28)12-18)31-24(34)10-17-4-7-27(8-5-17)25(35)32(2)26(36)33(27)3/h6,9-15H,4-5,7-8,28H2,1-3H3,(H,30,31,34). The second-order valence-electron chi connectivity index (χ2n) is 9.58. The number of aromatic nitrogens is 2. The van der Waals surface area contributed by atoms with E-state index in [9.17, 15) is 14.4 Å². The van der Waals surface area contributed by atoms with Crippen LogP contribution in [-0.2, 0) is 9.59 Å². The van der Waals surface area contributed by atoms with Crippen molar-refractivity contribution in [1.82, 2.24) is 19.8 Å². The molecule has 1 saturated carbocycles. The third-order valence-electron chi connectivity index (χ3n) is 7.44. The van der Waals surface area contributed by atoms with E-state index in [1.165, 1.54) is 16.8 Å². The van der Waals surface area contributed by atoms with E-state index in [4.69, 9.17) is 5.73 Å². The number of benzene rings is 1. The summed E-state index contributed by atoms with van der Waals surface area (Å²) in [5.74, 6) is -0.0210. The second-order valence-corrected chi connectivity index (χ2v) is 9.58. The van der Waals surface area contributed by atoms with Gasteiger partial charge in [0.1, 0.15) is 11.4 Å². The van der Waals surface area contributed by atoms with E-state index in [2.05, 4.69) is 15.3 Å². The summed E-state index contributed by atoms with van der Waals surface area (Å²) in [6, 6.07) is 7.39. The number of rotatable bonds is 3. The van der Waals surface area contributed by atoms with Crippen molar-refractivity contribution in [3.8, 4) is 11.1 Å². The lowest BCUT2D eigenvalue weighted by molar-refractivity contribution is -0.133. The molecule has 184 valence electrons. The van der Waals surface area contributed by atoms with Crippen molar-refractivity contribution < 1.29 is 14.4 Å². The first-order chi connectivity index (χ1) is 17.2. The Labute approximate surface area is 209 Å². The van der Waals surface area contributed by atoms with Crippen LogP contribution in [0, 0.1) is 6.92 Å². The zero-order valence-corrected chi connectivity index (χ0v) is 20.5. The maximum Gasteiger partial charge on any atom is 0.327 e. The SMILES string of the molecule is Cc1ccncc1-c1cc(N)c2cnc(NC(=O)C=C3CCC4(CC3)C(=O)N(C)C(=O)N4C)cc2c1. The number of hydrogen-bond donors (Lipinski definition) is 2. The summed E-state index contributed by atoms with van der Waals surface area (Å²) >= 11 is 0. The van der Waals surface area contributed by atoms with Gasteiger partial charge in [0.05, 0.1) is 0 Å². The van der Waals surface area contributed by atoms with Crippen molar-refractivity contribution in [2.24, 2.45) is 0 Å². The number of nitrogens with two attached hydrogens (primary N) is 1. The molecule has 9 nitrogen and oxygen atoms in total. The van der Waals surface area contributed by atoms with Crippen molar-refractivity contribution in [2.45, 2.75) is 38.1 Å². The molecule has 1 spiro atoms. The van der Waals surface area contributed by atoms with E-state index < -0.39 is 5.54 Å². The van der Waals surface area contributed by atoms with Crippen LogP contribution >= 0.6 is 0 Å². The predicted molar refractivity (Wildman–Crippen MR) is 138 cm³/mol. The van der Waals surface area contributed by atoms with Crippen LogP contribution in [0.1, 0.15) is 31.2 Å². The van der Waals surface area contributed by atoms with Crippen LogP contribution in [0.2, 0.25) is 0 Å². The Hall–Kier alpha value is -4.27. The van der Waals surface area contributed by atoms with Crippen molar-refractivity contribution in [3.63, 3.8) is 0 Å². The van der Waals surface area contributed by atoms with Crippen molar-refractivity contribution >= 4 is 40.1 Å². The van der Waals surface area contributed by atoms with Crippen molar-refractivity contribution in [2.75, 3.05) is 25.1 Å². The highest BCUT2D eigenvalue weighted by Gasteiger charge is 2.54. The lowest BCUT2D eigenvalue weighted by Gasteiger charge is -2.36. The summed E-state index contributed by atoms with van der Waals surface area (Å²) in [5, 5.41) is 4.51. The van der Waals surface area contributed by atoms with Gasteiger partial charge < -0.3 is 16.0 Å². The molecular weight excluding hydrogens is 456 g/mol. The zero-order chi connectivity index (χ0) is 25.6. The maximum absolute atomic E-state index is 12.8. The molecule has 2 fully saturated rings. The van der Waals surface area contributed by atoms with E-state index in [0.29, 0.717) is 37.2 Å². The van der Waals surface area contributed by atoms with E-state index in [1.807, 2.05) is 31.3 Å². The molecular formula is C27H28N6O3. The highest BCUT2D eigenvalue weighted by atomic mass is 16.2. The number of hydrogen-bond acceptors (Lipinski definition) is 6. The monoisotopic (exact) mass is 484 g/mol. The fourth-order valence-electron chi connectivity index (χ4n) is 5.25. The van der Waals surface area contributed by atoms with Gasteiger partial charge in [0.15, 0.2) is 0 Å². The number of amides is 4. The molecule has 9 heteroatoms. The smallest absolute Gasteiger partial charge is 0.327 e. The molecule has 1 aromatic carbocycles. The predicted octanol–water partition coefficient (Wildman–Crippen LogP) is 3.89. The van der Waals surface area contributed by atoms with Gasteiger partial charge in [-0.05, 0) is 73.4 Å². The molecule has 1 aliphatic carbocycles. The Morgan fingerprint density at radius 3 is 2.56 bits per heavy atom. The number of carbonyl (C=O) groups excluding carboxylic acids is 3. The van der Waals surface area contributed by atoms with E-state index in [0.717, 1.165) is 33.0 Å². The summed E-state index contributed by atoms with van der Waals surface area (Å²) in [6.07, 6.45) is 8.94. The maximum atomic E-state index is 12.8. The molecule has 4 amide bonds. The first-order valence-corrected chi connectivity index (χ1v) is 11.9. The average molecular weight is 485 g/mol. The number of pyridine rings is 2. The van der Waals surface area contributed by atoms with Crippen LogP contribution in [0.5, 0.6) is 0 Å². The molecule has 0 unspecified atom stereocenters. The number of imide groups is 1. The quantitative estimate of drug-likeness (QED) is 0.330. The highest BCUT2D eigenvalue weighted by Crippen LogP contribution is 2.40. The van der Waals surface area contributed by atoms with Crippen molar-refractivity contribution in [3.05, 3.63) is 60.1 Å². The fraction of sp³-hybridized carbons (Fsp3) is 0.296. The fourth-order valence-corrected chi connectivity index (χ4v) is 5.25. The molecule has 2 aromatic heterocycles.